The summed E-state index contributed by atoms with van der Waals surface area (Å²) >= 11 is 1.90. The summed E-state index contributed by atoms with van der Waals surface area (Å²) in [5, 5.41) is 11.4. The fourth-order valence-electron chi connectivity index (χ4n) is 1.65. The molecule has 1 atom stereocenters. The molecule has 0 saturated heterocycles. The van der Waals surface area contributed by atoms with Crippen LogP contribution in [0.2, 0.25) is 0 Å². The van der Waals surface area contributed by atoms with Gasteiger partial charge in [-0.15, -0.1) is 0 Å². The highest BCUT2D eigenvalue weighted by atomic mass is 32.2. The third-order valence-electron chi connectivity index (χ3n) is 2.78. The molecular weight excluding hydrogens is 222 g/mol. The molecular formula is C11H25N3OS. The van der Waals surface area contributed by atoms with Gasteiger partial charge >= 0.3 is 0 Å². The minimum absolute atomic E-state index is 0.332. The lowest BCUT2D eigenvalue weighted by atomic mass is 10.2. The molecule has 0 radical (unpaired) electrons. The van der Waals surface area contributed by atoms with Gasteiger partial charge in [0.1, 0.15) is 5.84 Å². The molecule has 0 bridgehead atoms. The first-order valence-electron chi connectivity index (χ1n) is 5.81. The number of nitrogens with zero attached hydrogens (tertiary/aromatic N) is 2. The zero-order valence-electron chi connectivity index (χ0n) is 10.6. The number of thioether (sulfide) groups is 1. The van der Waals surface area contributed by atoms with Crippen LogP contribution < -0.4 is 5.73 Å². The minimum atomic E-state index is 0.332. The number of rotatable bonds is 9. The Balaban J connectivity index is 3.66. The quantitative estimate of drug-likeness (QED) is 0.215. The van der Waals surface area contributed by atoms with Crippen LogP contribution in [-0.4, -0.2) is 47.6 Å². The maximum atomic E-state index is 8.39. The normalized spacial score (nSPS) is 14.4. The van der Waals surface area contributed by atoms with Gasteiger partial charge in [-0.1, -0.05) is 12.1 Å². The Morgan fingerprint density at radius 2 is 2.19 bits per heavy atom. The summed E-state index contributed by atoms with van der Waals surface area (Å²) in [6.45, 7) is 3.31. The van der Waals surface area contributed by atoms with Gasteiger partial charge in [-0.3, -0.25) is 0 Å². The van der Waals surface area contributed by atoms with E-state index in [0.717, 1.165) is 19.4 Å². The number of hydrogen-bond donors (Lipinski definition) is 2. The molecule has 0 aliphatic rings. The highest BCUT2D eigenvalue weighted by Gasteiger charge is 2.11. The Bertz CT molecular complexity index is 200. The SMILES string of the molecule is CCC(CSC)N(C)CCCCC(N)=NO. The fourth-order valence-corrected chi connectivity index (χ4v) is 2.52. The fraction of sp³-hybridized carbons (Fsp3) is 0.909. The third-order valence-corrected chi connectivity index (χ3v) is 3.49. The van der Waals surface area contributed by atoms with Crippen LogP contribution in [0.4, 0.5) is 0 Å². The number of unbranched alkanes of at least 4 members (excludes halogenated alkanes) is 1. The van der Waals surface area contributed by atoms with Crippen LogP contribution in [0, 0.1) is 0 Å². The van der Waals surface area contributed by atoms with E-state index in [1.165, 1.54) is 12.2 Å². The second kappa shape index (κ2) is 9.78. The lowest BCUT2D eigenvalue weighted by Crippen LogP contribution is -2.34. The molecule has 0 aromatic rings. The minimum Gasteiger partial charge on any atom is -0.409 e. The van der Waals surface area contributed by atoms with Crippen LogP contribution in [0.5, 0.6) is 0 Å². The van der Waals surface area contributed by atoms with Crippen molar-refractivity contribution in [2.45, 2.75) is 38.6 Å². The summed E-state index contributed by atoms with van der Waals surface area (Å²) in [5.41, 5.74) is 5.41. The monoisotopic (exact) mass is 247 g/mol. The van der Waals surface area contributed by atoms with E-state index in [4.69, 9.17) is 10.9 Å². The first-order valence-corrected chi connectivity index (χ1v) is 7.20. The average molecular weight is 247 g/mol. The molecule has 0 spiro atoms. The summed E-state index contributed by atoms with van der Waals surface area (Å²) < 4.78 is 0. The maximum absolute atomic E-state index is 8.39. The van der Waals surface area contributed by atoms with E-state index < -0.39 is 0 Å². The van der Waals surface area contributed by atoms with Crippen molar-refractivity contribution in [1.29, 1.82) is 0 Å². The molecule has 4 nitrogen and oxygen atoms in total. The highest BCUT2D eigenvalue weighted by molar-refractivity contribution is 7.98. The van der Waals surface area contributed by atoms with Crippen LogP contribution in [0.25, 0.3) is 0 Å². The van der Waals surface area contributed by atoms with E-state index in [1.54, 1.807) is 0 Å². The first kappa shape index (κ1) is 15.6. The Morgan fingerprint density at radius 3 is 2.69 bits per heavy atom. The van der Waals surface area contributed by atoms with Crippen molar-refractivity contribution < 1.29 is 5.21 Å². The first-order chi connectivity index (χ1) is 7.65. The molecule has 5 heteroatoms. The molecule has 1 unspecified atom stereocenters. The lowest BCUT2D eigenvalue weighted by Gasteiger charge is -2.26. The topological polar surface area (TPSA) is 61.8 Å². The third kappa shape index (κ3) is 6.95. The zero-order chi connectivity index (χ0) is 12.4. The number of hydrogen-bond acceptors (Lipinski definition) is 4. The summed E-state index contributed by atoms with van der Waals surface area (Å²) in [4.78, 5) is 2.41. The van der Waals surface area contributed by atoms with Gasteiger partial charge in [-0.25, -0.2) is 0 Å². The molecule has 0 rings (SSSR count). The second-order valence-corrected chi connectivity index (χ2v) is 4.96. The Kier molecular flexibility index (Phi) is 9.52. The molecule has 96 valence electrons. The van der Waals surface area contributed by atoms with Gasteiger partial charge in [0.2, 0.25) is 0 Å². The van der Waals surface area contributed by atoms with Crippen molar-refractivity contribution >= 4 is 17.6 Å². The van der Waals surface area contributed by atoms with E-state index >= 15 is 0 Å². The van der Waals surface area contributed by atoms with Gasteiger partial charge in [0.15, 0.2) is 0 Å². The van der Waals surface area contributed by atoms with E-state index in [1.807, 2.05) is 11.8 Å². The van der Waals surface area contributed by atoms with Crippen LogP contribution in [0.15, 0.2) is 5.16 Å². The van der Waals surface area contributed by atoms with Gasteiger partial charge in [0.05, 0.1) is 0 Å². The number of amidine groups is 1. The van der Waals surface area contributed by atoms with Crippen molar-refractivity contribution in [3.05, 3.63) is 0 Å². The Morgan fingerprint density at radius 1 is 1.50 bits per heavy atom. The van der Waals surface area contributed by atoms with Crippen LogP contribution in [0.3, 0.4) is 0 Å². The second-order valence-electron chi connectivity index (χ2n) is 4.05. The van der Waals surface area contributed by atoms with Gasteiger partial charge in [-0.2, -0.15) is 11.8 Å². The molecule has 3 N–H and O–H groups in total. The van der Waals surface area contributed by atoms with Crippen LogP contribution in [-0.2, 0) is 0 Å². The number of oxime groups is 1. The average Bonchev–Trinajstić information content (AvgIpc) is 2.30. The van der Waals surface area contributed by atoms with Crippen molar-refractivity contribution in [3.8, 4) is 0 Å². The van der Waals surface area contributed by atoms with Gasteiger partial charge in [-0.05, 0) is 39.1 Å². The lowest BCUT2D eigenvalue weighted by molar-refractivity contribution is 0.251. The summed E-state index contributed by atoms with van der Waals surface area (Å²) in [5.74, 6) is 1.52. The van der Waals surface area contributed by atoms with Gasteiger partial charge in [0, 0.05) is 18.2 Å². The van der Waals surface area contributed by atoms with E-state index in [0.29, 0.717) is 18.3 Å². The molecule has 0 aromatic heterocycles. The highest BCUT2D eigenvalue weighted by Crippen LogP contribution is 2.09. The number of nitrogens with two attached hydrogens (primary N) is 1. The van der Waals surface area contributed by atoms with Crippen molar-refractivity contribution in [2.75, 3.05) is 25.6 Å². The Hall–Kier alpha value is -0.420. The zero-order valence-corrected chi connectivity index (χ0v) is 11.5. The summed E-state index contributed by atoms with van der Waals surface area (Å²) in [6, 6.07) is 0.666. The summed E-state index contributed by atoms with van der Waals surface area (Å²) in [7, 11) is 2.17. The molecule has 0 saturated carbocycles. The largest absolute Gasteiger partial charge is 0.409 e. The predicted octanol–water partition coefficient (Wildman–Crippen LogP) is 1.98. The van der Waals surface area contributed by atoms with Gasteiger partial charge in [0.25, 0.3) is 0 Å². The molecule has 0 amide bonds. The van der Waals surface area contributed by atoms with Crippen molar-refractivity contribution in [2.24, 2.45) is 10.9 Å². The van der Waals surface area contributed by atoms with Crippen LogP contribution in [0.1, 0.15) is 32.6 Å². The van der Waals surface area contributed by atoms with E-state index in [2.05, 4.69) is 30.3 Å². The van der Waals surface area contributed by atoms with Gasteiger partial charge < -0.3 is 15.8 Å². The smallest absolute Gasteiger partial charge is 0.139 e. The predicted molar refractivity (Wildman–Crippen MR) is 72.4 cm³/mol. The molecule has 0 aliphatic heterocycles. The molecule has 16 heavy (non-hydrogen) atoms. The Labute approximate surface area is 103 Å². The maximum Gasteiger partial charge on any atom is 0.139 e. The molecule has 0 fully saturated rings. The molecule has 0 heterocycles. The molecule has 0 aromatic carbocycles. The standard InChI is InChI=1S/C11H25N3OS/c1-4-10(9-16-3)14(2)8-6-5-7-11(12)13-15/h10,15H,4-9H2,1-3H3,(H2,12,13). The van der Waals surface area contributed by atoms with Crippen LogP contribution >= 0.6 is 11.8 Å². The molecule has 0 aliphatic carbocycles. The van der Waals surface area contributed by atoms with Crippen molar-refractivity contribution in [1.82, 2.24) is 4.90 Å². The van der Waals surface area contributed by atoms with E-state index in [-0.39, 0.29) is 0 Å². The summed E-state index contributed by atoms with van der Waals surface area (Å²) in [6.07, 6.45) is 6.10. The van der Waals surface area contributed by atoms with Crippen molar-refractivity contribution in [3.63, 3.8) is 0 Å². The van der Waals surface area contributed by atoms with E-state index in [9.17, 15) is 0 Å².